The van der Waals surface area contributed by atoms with Crippen LogP contribution in [-0.2, 0) is 0 Å². The predicted molar refractivity (Wildman–Crippen MR) is 104 cm³/mol. The number of hydrogen-bond donors (Lipinski definition) is 3. The van der Waals surface area contributed by atoms with Crippen LogP contribution in [0.15, 0.2) is 48.5 Å². The van der Waals surface area contributed by atoms with Gasteiger partial charge in [-0.3, -0.25) is 9.59 Å². The molecular formula is C20H22ClN3O2. The quantitative estimate of drug-likeness (QED) is 0.772. The van der Waals surface area contributed by atoms with E-state index in [4.69, 9.17) is 11.6 Å². The van der Waals surface area contributed by atoms with Crippen LogP contribution in [0.25, 0.3) is 0 Å². The molecule has 2 amide bonds. The van der Waals surface area contributed by atoms with Crippen molar-refractivity contribution in [2.45, 2.75) is 19.4 Å². The summed E-state index contributed by atoms with van der Waals surface area (Å²) >= 11 is 5.86. The Kier molecular flexibility index (Phi) is 5.91. The van der Waals surface area contributed by atoms with Crippen LogP contribution in [0.3, 0.4) is 0 Å². The molecule has 2 unspecified atom stereocenters. The smallest absolute Gasteiger partial charge is 0.255 e. The number of anilines is 1. The lowest BCUT2D eigenvalue weighted by Gasteiger charge is -2.30. The molecule has 0 radical (unpaired) electrons. The van der Waals surface area contributed by atoms with E-state index >= 15 is 0 Å². The van der Waals surface area contributed by atoms with E-state index in [2.05, 4.69) is 22.9 Å². The summed E-state index contributed by atoms with van der Waals surface area (Å²) in [4.78, 5) is 25.2. The van der Waals surface area contributed by atoms with E-state index in [0.29, 0.717) is 27.8 Å². The van der Waals surface area contributed by atoms with Crippen molar-refractivity contribution in [2.24, 2.45) is 5.92 Å². The first kappa shape index (κ1) is 18.4. The Hall–Kier alpha value is -2.37. The Bertz CT molecular complexity index is 792. The molecule has 0 aliphatic carbocycles. The van der Waals surface area contributed by atoms with Crippen molar-refractivity contribution in [3.8, 4) is 0 Å². The van der Waals surface area contributed by atoms with Gasteiger partial charge in [0.05, 0.1) is 11.3 Å². The molecule has 0 aromatic heterocycles. The van der Waals surface area contributed by atoms with Gasteiger partial charge in [0.25, 0.3) is 11.8 Å². The first-order valence-corrected chi connectivity index (χ1v) is 9.10. The minimum absolute atomic E-state index is 0.0799. The molecule has 1 aliphatic rings. The minimum atomic E-state index is -0.283. The van der Waals surface area contributed by atoms with E-state index in [9.17, 15) is 9.59 Å². The number of rotatable bonds is 4. The fraction of sp³-hybridized carbons (Fsp3) is 0.300. The highest BCUT2D eigenvalue weighted by Crippen LogP contribution is 2.19. The maximum Gasteiger partial charge on any atom is 0.255 e. The van der Waals surface area contributed by atoms with Crippen molar-refractivity contribution in [3.05, 3.63) is 64.7 Å². The third-order valence-corrected chi connectivity index (χ3v) is 4.92. The first-order valence-electron chi connectivity index (χ1n) is 8.72. The van der Waals surface area contributed by atoms with Gasteiger partial charge in [0, 0.05) is 23.2 Å². The van der Waals surface area contributed by atoms with Crippen molar-refractivity contribution in [3.63, 3.8) is 0 Å². The van der Waals surface area contributed by atoms with E-state index in [1.165, 1.54) is 0 Å². The second-order valence-electron chi connectivity index (χ2n) is 6.56. The molecule has 2 atom stereocenters. The summed E-state index contributed by atoms with van der Waals surface area (Å²) < 4.78 is 0. The van der Waals surface area contributed by atoms with Crippen LogP contribution < -0.4 is 16.0 Å². The zero-order chi connectivity index (χ0) is 18.5. The highest BCUT2D eigenvalue weighted by molar-refractivity contribution is 6.30. The van der Waals surface area contributed by atoms with Crippen molar-refractivity contribution < 1.29 is 9.59 Å². The zero-order valence-electron chi connectivity index (χ0n) is 14.6. The third-order valence-electron chi connectivity index (χ3n) is 4.67. The molecule has 0 saturated carbocycles. The molecule has 6 heteroatoms. The molecule has 0 spiro atoms. The van der Waals surface area contributed by atoms with Gasteiger partial charge in [-0.05, 0) is 55.3 Å². The Balaban J connectivity index is 1.74. The van der Waals surface area contributed by atoms with Crippen molar-refractivity contribution >= 4 is 29.1 Å². The summed E-state index contributed by atoms with van der Waals surface area (Å²) in [6.45, 7) is 3.87. The molecule has 2 aromatic rings. The van der Waals surface area contributed by atoms with Crippen molar-refractivity contribution in [1.82, 2.24) is 10.6 Å². The Labute approximate surface area is 158 Å². The molecule has 3 N–H and O–H groups in total. The van der Waals surface area contributed by atoms with Gasteiger partial charge in [-0.2, -0.15) is 0 Å². The Morgan fingerprint density at radius 3 is 2.54 bits per heavy atom. The lowest BCUT2D eigenvalue weighted by atomic mass is 9.94. The normalized spacial score (nSPS) is 19.6. The number of carbonyl (C=O) groups excluding carboxylic acids is 2. The van der Waals surface area contributed by atoms with Crippen LogP contribution in [0.5, 0.6) is 0 Å². The number of halogens is 1. The average Bonchev–Trinajstić information content (AvgIpc) is 2.64. The summed E-state index contributed by atoms with van der Waals surface area (Å²) in [5.41, 5.74) is 1.42. The molecule has 5 nitrogen and oxygen atoms in total. The van der Waals surface area contributed by atoms with Gasteiger partial charge < -0.3 is 16.0 Å². The van der Waals surface area contributed by atoms with Crippen LogP contribution in [-0.4, -0.2) is 30.9 Å². The lowest BCUT2D eigenvalue weighted by Crippen LogP contribution is -2.50. The van der Waals surface area contributed by atoms with Crippen molar-refractivity contribution in [2.75, 3.05) is 18.4 Å². The molecule has 26 heavy (non-hydrogen) atoms. The largest absolute Gasteiger partial charge is 0.348 e. The summed E-state index contributed by atoms with van der Waals surface area (Å²) in [6, 6.07) is 13.7. The van der Waals surface area contributed by atoms with Crippen LogP contribution in [0.4, 0.5) is 5.69 Å². The molecular weight excluding hydrogens is 350 g/mol. The number of piperidine rings is 1. The fourth-order valence-electron chi connectivity index (χ4n) is 3.01. The molecule has 1 aliphatic heterocycles. The van der Waals surface area contributed by atoms with Crippen LogP contribution in [0, 0.1) is 5.92 Å². The molecule has 136 valence electrons. The van der Waals surface area contributed by atoms with Gasteiger partial charge in [0.15, 0.2) is 0 Å². The molecule has 1 saturated heterocycles. The summed E-state index contributed by atoms with van der Waals surface area (Å²) in [6.07, 6.45) is 1.03. The van der Waals surface area contributed by atoms with Gasteiger partial charge in [0.1, 0.15) is 0 Å². The summed E-state index contributed by atoms with van der Waals surface area (Å²) in [7, 11) is 0. The molecule has 2 aromatic carbocycles. The lowest BCUT2D eigenvalue weighted by molar-refractivity contribution is 0.0916. The van der Waals surface area contributed by atoms with E-state index in [-0.39, 0.29) is 17.9 Å². The molecule has 1 fully saturated rings. The zero-order valence-corrected chi connectivity index (χ0v) is 15.3. The van der Waals surface area contributed by atoms with Gasteiger partial charge >= 0.3 is 0 Å². The Morgan fingerprint density at radius 2 is 1.81 bits per heavy atom. The fourth-order valence-corrected chi connectivity index (χ4v) is 3.14. The summed E-state index contributed by atoms with van der Waals surface area (Å²) in [5, 5.41) is 9.76. The summed E-state index contributed by atoms with van der Waals surface area (Å²) in [5.74, 6) is -0.0526. The minimum Gasteiger partial charge on any atom is -0.348 e. The average molecular weight is 372 g/mol. The molecule has 0 bridgehead atoms. The van der Waals surface area contributed by atoms with Gasteiger partial charge in [-0.25, -0.2) is 0 Å². The number of hydrogen-bond acceptors (Lipinski definition) is 3. The predicted octanol–water partition coefficient (Wildman–Crippen LogP) is 3.32. The number of benzene rings is 2. The van der Waals surface area contributed by atoms with Gasteiger partial charge in [-0.15, -0.1) is 0 Å². The van der Waals surface area contributed by atoms with Gasteiger partial charge in [-0.1, -0.05) is 30.7 Å². The van der Waals surface area contributed by atoms with Crippen LogP contribution in [0.1, 0.15) is 34.1 Å². The maximum absolute atomic E-state index is 12.7. The monoisotopic (exact) mass is 371 g/mol. The number of para-hydroxylation sites is 1. The SMILES string of the molecule is CC1CCNCC1NC(=O)c1ccccc1NC(=O)c1ccc(Cl)cc1. The second kappa shape index (κ2) is 8.34. The maximum atomic E-state index is 12.7. The van der Waals surface area contributed by atoms with Crippen LogP contribution >= 0.6 is 11.6 Å². The third kappa shape index (κ3) is 4.42. The standard InChI is InChI=1S/C20H22ClN3O2/c1-13-10-11-22-12-18(13)24-20(26)16-4-2-3-5-17(16)23-19(25)14-6-8-15(21)9-7-14/h2-9,13,18,22H,10-12H2,1H3,(H,23,25)(H,24,26). The van der Waals surface area contributed by atoms with Gasteiger partial charge in [0.2, 0.25) is 0 Å². The molecule has 1 heterocycles. The highest BCUT2D eigenvalue weighted by atomic mass is 35.5. The number of amides is 2. The van der Waals surface area contributed by atoms with Crippen molar-refractivity contribution in [1.29, 1.82) is 0 Å². The second-order valence-corrected chi connectivity index (χ2v) is 6.99. The molecule has 3 rings (SSSR count). The van der Waals surface area contributed by atoms with E-state index in [0.717, 1.165) is 19.5 Å². The van der Waals surface area contributed by atoms with E-state index in [1.54, 1.807) is 48.5 Å². The topological polar surface area (TPSA) is 70.2 Å². The first-order chi connectivity index (χ1) is 12.5. The number of nitrogens with one attached hydrogen (secondary N) is 3. The number of carbonyl (C=O) groups is 2. The Morgan fingerprint density at radius 1 is 1.08 bits per heavy atom. The van der Waals surface area contributed by atoms with E-state index in [1.807, 2.05) is 0 Å². The highest BCUT2D eigenvalue weighted by Gasteiger charge is 2.24. The van der Waals surface area contributed by atoms with Crippen LogP contribution in [0.2, 0.25) is 5.02 Å². The van der Waals surface area contributed by atoms with E-state index < -0.39 is 0 Å².